The number of carbonyl (C=O) groups is 2. The second-order valence-electron chi connectivity index (χ2n) is 6.63. The predicted molar refractivity (Wildman–Crippen MR) is 95.4 cm³/mol. The summed E-state index contributed by atoms with van der Waals surface area (Å²) in [6, 6.07) is 9.33. The number of allylic oxidation sites excluding steroid dienone is 1. The van der Waals surface area contributed by atoms with Crippen molar-refractivity contribution >= 4 is 27.3 Å². The Labute approximate surface area is 147 Å². The van der Waals surface area contributed by atoms with Gasteiger partial charge in [-0.2, -0.15) is 0 Å². The molecule has 0 spiro atoms. The lowest BCUT2D eigenvalue weighted by Crippen LogP contribution is -2.42. The van der Waals surface area contributed by atoms with Gasteiger partial charge in [0.1, 0.15) is 0 Å². The number of amides is 2. The van der Waals surface area contributed by atoms with Gasteiger partial charge in [-0.25, -0.2) is 8.42 Å². The number of hydrogen-bond acceptors (Lipinski definition) is 4. The van der Waals surface area contributed by atoms with E-state index in [2.05, 4.69) is 5.32 Å². The number of rotatable bonds is 4. The van der Waals surface area contributed by atoms with Gasteiger partial charge in [0.2, 0.25) is 11.8 Å². The van der Waals surface area contributed by atoms with Crippen LogP contribution in [0.15, 0.2) is 41.8 Å². The minimum Gasteiger partial charge on any atom is -0.343 e. The van der Waals surface area contributed by atoms with Gasteiger partial charge in [0.25, 0.3) is 0 Å². The summed E-state index contributed by atoms with van der Waals surface area (Å²) in [5.41, 5.74) is 0.778. The third-order valence-electron chi connectivity index (χ3n) is 4.70. The molecule has 0 unspecified atom stereocenters. The Morgan fingerprint density at radius 3 is 2.40 bits per heavy atom. The highest BCUT2D eigenvalue weighted by Crippen LogP contribution is 2.23. The van der Waals surface area contributed by atoms with E-state index < -0.39 is 9.84 Å². The molecule has 0 radical (unpaired) electrons. The van der Waals surface area contributed by atoms with E-state index in [1.54, 1.807) is 11.0 Å². The number of sulfone groups is 1. The van der Waals surface area contributed by atoms with E-state index in [0.29, 0.717) is 25.9 Å². The van der Waals surface area contributed by atoms with Gasteiger partial charge < -0.3 is 10.2 Å². The normalized spacial score (nSPS) is 22.7. The summed E-state index contributed by atoms with van der Waals surface area (Å²) >= 11 is 0. The summed E-state index contributed by atoms with van der Waals surface area (Å²) in [7, 11) is -3.13. The molecule has 1 saturated heterocycles. The average Bonchev–Trinajstić information content (AvgIpc) is 2.94. The molecule has 0 aliphatic carbocycles. The Balaban J connectivity index is 1.46. The molecule has 6 nitrogen and oxygen atoms in total. The number of carbonyl (C=O) groups excluding carboxylic acids is 2. The summed E-state index contributed by atoms with van der Waals surface area (Å²) in [6.07, 6.45) is 3.08. The maximum atomic E-state index is 12.3. The molecule has 1 aromatic carbocycles. The predicted octanol–water partition coefficient (Wildman–Crippen LogP) is 1.81. The zero-order valence-electron chi connectivity index (χ0n) is 13.9. The van der Waals surface area contributed by atoms with Crippen LogP contribution >= 0.6 is 0 Å². The van der Waals surface area contributed by atoms with Crippen LogP contribution in [0.5, 0.6) is 0 Å². The molecule has 2 heterocycles. The number of piperidine rings is 1. The minimum atomic E-state index is -3.13. The number of hydrogen-bond donors (Lipinski definition) is 1. The Bertz CT molecular complexity index is 766. The first kappa shape index (κ1) is 17.7. The maximum Gasteiger partial charge on any atom is 0.227 e. The molecule has 1 fully saturated rings. The van der Waals surface area contributed by atoms with Gasteiger partial charge in [0.05, 0.1) is 5.75 Å². The zero-order valence-corrected chi connectivity index (χ0v) is 14.7. The topological polar surface area (TPSA) is 83.6 Å². The Morgan fingerprint density at radius 1 is 1.12 bits per heavy atom. The fraction of sp³-hybridized carbons (Fsp3) is 0.444. The highest BCUT2D eigenvalue weighted by Gasteiger charge is 2.30. The molecule has 25 heavy (non-hydrogen) atoms. The molecule has 2 aliphatic heterocycles. The van der Waals surface area contributed by atoms with Gasteiger partial charge in [-0.1, -0.05) is 24.3 Å². The summed E-state index contributed by atoms with van der Waals surface area (Å²) < 4.78 is 22.8. The number of nitrogens with one attached hydrogen (secondary N) is 1. The van der Waals surface area contributed by atoms with Crippen molar-refractivity contribution in [2.24, 2.45) is 11.8 Å². The van der Waals surface area contributed by atoms with Crippen molar-refractivity contribution in [2.75, 3.05) is 24.2 Å². The molecule has 1 N–H and O–H groups in total. The summed E-state index contributed by atoms with van der Waals surface area (Å²) in [6.45, 7) is 1.07. The molecule has 2 aliphatic rings. The van der Waals surface area contributed by atoms with E-state index in [9.17, 15) is 18.0 Å². The lowest BCUT2D eigenvalue weighted by molar-refractivity contribution is -0.135. The first-order valence-corrected chi connectivity index (χ1v) is 10.2. The lowest BCUT2D eigenvalue weighted by atomic mass is 9.95. The van der Waals surface area contributed by atoms with Crippen LogP contribution in [0.25, 0.3) is 0 Å². The van der Waals surface area contributed by atoms with Gasteiger partial charge >= 0.3 is 0 Å². The van der Waals surface area contributed by atoms with Gasteiger partial charge in [-0.05, 0) is 25.0 Å². The molecule has 0 aromatic heterocycles. The van der Waals surface area contributed by atoms with Crippen molar-refractivity contribution in [3.05, 3.63) is 41.8 Å². The number of likely N-dealkylation sites (tertiary alicyclic amines) is 1. The average molecular weight is 362 g/mol. The molecule has 0 bridgehead atoms. The van der Waals surface area contributed by atoms with E-state index in [1.165, 1.54) is 5.41 Å². The fourth-order valence-corrected chi connectivity index (χ4v) is 4.68. The summed E-state index contributed by atoms with van der Waals surface area (Å²) in [5, 5.41) is 4.10. The SMILES string of the molecule is O=C(Nc1ccccc1)C1CCN(C(=O)C[C@H]2C=CS(=O)(=O)C2)CC1. The Hall–Kier alpha value is -2.15. The molecular weight excluding hydrogens is 340 g/mol. The quantitative estimate of drug-likeness (QED) is 0.885. The highest BCUT2D eigenvalue weighted by atomic mass is 32.2. The van der Waals surface area contributed by atoms with Crippen LogP contribution in [0.4, 0.5) is 5.69 Å². The zero-order chi connectivity index (χ0) is 17.9. The number of para-hydroxylation sites is 1. The second kappa shape index (κ2) is 7.39. The molecule has 1 aromatic rings. The van der Waals surface area contributed by atoms with Crippen LogP contribution in [-0.4, -0.2) is 44.0 Å². The molecule has 3 rings (SSSR count). The number of benzene rings is 1. The molecule has 0 saturated carbocycles. The van der Waals surface area contributed by atoms with Crippen molar-refractivity contribution in [1.82, 2.24) is 4.90 Å². The van der Waals surface area contributed by atoms with Crippen LogP contribution in [0.2, 0.25) is 0 Å². The smallest absolute Gasteiger partial charge is 0.227 e. The molecular formula is C18H22N2O4S. The molecule has 1 atom stereocenters. The molecule has 2 amide bonds. The van der Waals surface area contributed by atoms with Crippen molar-refractivity contribution in [1.29, 1.82) is 0 Å². The van der Waals surface area contributed by atoms with Crippen LogP contribution in [0.3, 0.4) is 0 Å². The summed E-state index contributed by atoms with van der Waals surface area (Å²) in [5.74, 6) is -0.348. The van der Waals surface area contributed by atoms with E-state index in [1.807, 2.05) is 30.3 Å². The highest BCUT2D eigenvalue weighted by molar-refractivity contribution is 7.94. The van der Waals surface area contributed by atoms with Crippen molar-refractivity contribution in [3.8, 4) is 0 Å². The Kier molecular flexibility index (Phi) is 5.22. The minimum absolute atomic E-state index is 0.0110. The lowest BCUT2D eigenvalue weighted by Gasteiger charge is -2.32. The number of nitrogens with zero attached hydrogens (tertiary/aromatic N) is 1. The summed E-state index contributed by atoms with van der Waals surface area (Å²) in [4.78, 5) is 26.4. The Morgan fingerprint density at radius 2 is 1.80 bits per heavy atom. The van der Waals surface area contributed by atoms with Crippen molar-refractivity contribution in [3.63, 3.8) is 0 Å². The van der Waals surface area contributed by atoms with E-state index in [-0.39, 0.29) is 35.8 Å². The first-order chi connectivity index (χ1) is 11.9. The van der Waals surface area contributed by atoms with Crippen LogP contribution in [0, 0.1) is 11.8 Å². The van der Waals surface area contributed by atoms with Gasteiger partial charge in [-0.15, -0.1) is 0 Å². The fourth-order valence-electron chi connectivity index (χ4n) is 3.28. The number of anilines is 1. The van der Waals surface area contributed by atoms with Crippen LogP contribution < -0.4 is 5.32 Å². The third kappa shape index (κ3) is 4.69. The first-order valence-electron chi connectivity index (χ1n) is 8.47. The van der Waals surface area contributed by atoms with E-state index >= 15 is 0 Å². The van der Waals surface area contributed by atoms with Gasteiger partial charge in [0.15, 0.2) is 9.84 Å². The largest absolute Gasteiger partial charge is 0.343 e. The van der Waals surface area contributed by atoms with Gasteiger partial charge in [0, 0.05) is 42.4 Å². The standard InChI is InChI=1S/C18H22N2O4S/c21-17(12-14-8-11-25(23,24)13-14)20-9-6-15(7-10-20)18(22)19-16-4-2-1-3-5-16/h1-5,8,11,14-15H,6-7,9-10,12-13H2,(H,19,22)/t14-/m1/s1. The van der Waals surface area contributed by atoms with E-state index in [0.717, 1.165) is 5.69 Å². The van der Waals surface area contributed by atoms with Crippen LogP contribution in [-0.2, 0) is 19.4 Å². The van der Waals surface area contributed by atoms with Crippen molar-refractivity contribution < 1.29 is 18.0 Å². The van der Waals surface area contributed by atoms with Gasteiger partial charge in [-0.3, -0.25) is 9.59 Å². The van der Waals surface area contributed by atoms with Crippen LogP contribution in [0.1, 0.15) is 19.3 Å². The second-order valence-corrected chi connectivity index (χ2v) is 8.56. The third-order valence-corrected chi connectivity index (χ3v) is 6.17. The molecule has 7 heteroatoms. The molecule has 134 valence electrons. The van der Waals surface area contributed by atoms with E-state index in [4.69, 9.17) is 0 Å². The maximum absolute atomic E-state index is 12.3. The monoisotopic (exact) mass is 362 g/mol. The van der Waals surface area contributed by atoms with Crippen molar-refractivity contribution in [2.45, 2.75) is 19.3 Å².